The van der Waals surface area contributed by atoms with Crippen LogP contribution in [-0.4, -0.2) is 0 Å². The zero-order chi connectivity index (χ0) is 11.2. The van der Waals surface area contributed by atoms with Gasteiger partial charge in [0.1, 0.15) is 0 Å². The molecule has 2 rings (SSSR count). The Morgan fingerprint density at radius 1 is 1.12 bits per heavy atom. The largest absolute Gasteiger partial charge is 0.121 e. The lowest BCUT2D eigenvalue weighted by molar-refractivity contribution is 1.22. The third-order valence-corrected chi connectivity index (χ3v) is 3.59. The maximum atomic E-state index is 2.24. The van der Waals surface area contributed by atoms with Gasteiger partial charge in [0.25, 0.3) is 0 Å². The highest BCUT2D eigenvalue weighted by atomic mass is 32.2. The topological polar surface area (TPSA) is 0 Å². The van der Waals surface area contributed by atoms with Gasteiger partial charge in [0, 0.05) is 10.7 Å². The molecule has 82 valence electrons. The van der Waals surface area contributed by atoms with E-state index in [0.29, 0.717) is 0 Å². The van der Waals surface area contributed by atoms with Crippen molar-refractivity contribution in [1.82, 2.24) is 0 Å². The highest BCUT2D eigenvalue weighted by Gasteiger charge is 1.98. The normalized spacial score (nSPS) is 15.3. The van der Waals surface area contributed by atoms with Crippen LogP contribution >= 0.6 is 11.8 Å². The van der Waals surface area contributed by atoms with Gasteiger partial charge in [-0.1, -0.05) is 54.1 Å². The van der Waals surface area contributed by atoms with Gasteiger partial charge in [-0.15, -0.1) is 11.8 Å². The van der Waals surface area contributed by atoms with E-state index in [1.807, 2.05) is 11.8 Å². The highest BCUT2D eigenvalue weighted by Crippen LogP contribution is 2.24. The van der Waals surface area contributed by atoms with Crippen LogP contribution in [0.15, 0.2) is 65.1 Å². The van der Waals surface area contributed by atoms with Crippen LogP contribution in [0, 0.1) is 0 Å². The van der Waals surface area contributed by atoms with Crippen LogP contribution in [0.5, 0.6) is 0 Å². The average Bonchev–Trinajstić information content (AvgIpc) is 2.53. The number of benzene rings is 1. The van der Waals surface area contributed by atoms with E-state index in [1.54, 1.807) is 0 Å². The molecule has 1 heteroatoms. The Kier molecular flexibility index (Phi) is 4.06. The van der Waals surface area contributed by atoms with Gasteiger partial charge in [0.05, 0.1) is 0 Å². The van der Waals surface area contributed by atoms with Gasteiger partial charge < -0.3 is 0 Å². The predicted octanol–water partition coefficient (Wildman–Crippen LogP) is 4.71. The zero-order valence-electron chi connectivity index (χ0n) is 9.52. The molecule has 0 atom stereocenters. The van der Waals surface area contributed by atoms with E-state index in [1.165, 1.54) is 16.0 Å². The second-order valence-corrected chi connectivity index (χ2v) is 5.01. The molecule has 0 bridgehead atoms. The summed E-state index contributed by atoms with van der Waals surface area (Å²) in [5.74, 6) is 1.05. The SMILES string of the molecule is CC1=CC=C(SCc2ccccc2)C=CC1. The fraction of sp³-hybridized carbons (Fsp3) is 0.200. The minimum atomic E-state index is 1.05. The van der Waals surface area contributed by atoms with Crippen molar-refractivity contribution in [3.63, 3.8) is 0 Å². The van der Waals surface area contributed by atoms with Crippen molar-refractivity contribution in [3.8, 4) is 0 Å². The van der Waals surface area contributed by atoms with Gasteiger partial charge in [-0.25, -0.2) is 0 Å². The first kappa shape index (κ1) is 11.3. The summed E-state index contributed by atoms with van der Waals surface area (Å²) in [7, 11) is 0. The smallest absolute Gasteiger partial charge is 0.0231 e. The van der Waals surface area contributed by atoms with Crippen LogP contribution in [-0.2, 0) is 5.75 Å². The van der Waals surface area contributed by atoms with Crippen LogP contribution in [0.3, 0.4) is 0 Å². The molecule has 0 aliphatic heterocycles. The van der Waals surface area contributed by atoms with Gasteiger partial charge in [0.15, 0.2) is 0 Å². The molecule has 0 aromatic heterocycles. The molecule has 0 fully saturated rings. The minimum absolute atomic E-state index is 1.05. The van der Waals surface area contributed by atoms with E-state index >= 15 is 0 Å². The maximum Gasteiger partial charge on any atom is 0.0231 e. The molecule has 0 heterocycles. The maximum absolute atomic E-state index is 2.24. The zero-order valence-corrected chi connectivity index (χ0v) is 10.3. The molecule has 1 aliphatic rings. The van der Waals surface area contributed by atoms with E-state index in [4.69, 9.17) is 0 Å². The number of rotatable bonds is 3. The highest BCUT2D eigenvalue weighted by molar-refractivity contribution is 8.02. The molecular weight excluding hydrogens is 212 g/mol. The summed E-state index contributed by atoms with van der Waals surface area (Å²) in [6, 6.07) is 10.6. The van der Waals surface area contributed by atoms with Gasteiger partial charge in [-0.05, 0) is 25.0 Å². The minimum Gasteiger partial charge on any atom is -0.121 e. The molecule has 0 unspecified atom stereocenters. The summed E-state index contributed by atoms with van der Waals surface area (Å²) >= 11 is 1.90. The quantitative estimate of drug-likeness (QED) is 0.722. The summed E-state index contributed by atoms with van der Waals surface area (Å²) in [5.41, 5.74) is 2.80. The lowest BCUT2D eigenvalue weighted by atomic mass is 10.2. The van der Waals surface area contributed by atoms with Gasteiger partial charge in [-0.2, -0.15) is 0 Å². The summed E-state index contributed by atoms with van der Waals surface area (Å²) in [4.78, 5) is 1.35. The van der Waals surface area contributed by atoms with E-state index in [0.717, 1.165) is 12.2 Å². The Hall–Kier alpha value is -1.21. The van der Waals surface area contributed by atoms with Crippen molar-refractivity contribution in [1.29, 1.82) is 0 Å². The second kappa shape index (κ2) is 5.76. The van der Waals surface area contributed by atoms with Crippen molar-refractivity contribution in [2.75, 3.05) is 0 Å². The van der Waals surface area contributed by atoms with E-state index in [2.05, 4.69) is 61.6 Å². The van der Waals surface area contributed by atoms with Crippen molar-refractivity contribution in [2.45, 2.75) is 19.1 Å². The Balaban J connectivity index is 1.96. The molecule has 0 nitrogen and oxygen atoms in total. The van der Waals surface area contributed by atoms with Crippen LogP contribution < -0.4 is 0 Å². The van der Waals surface area contributed by atoms with Gasteiger partial charge in [-0.3, -0.25) is 0 Å². The summed E-state index contributed by atoms with van der Waals surface area (Å²) in [5, 5.41) is 0. The second-order valence-electron chi connectivity index (χ2n) is 3.96. The Morgan fingerprint density at radius 2 is 1.94 bits per heavy atom. The molecule has 0 saturated heterocycles. The number of hydrogen-bond donors (Lipinski definition) is 0. The predicted molar refractivity (Wildman–Crippen MR) is 73.3 cm³/mol. The van der Waals surface area contributed by atoms with E-state index < -0.39 is 0 Å². The molecule has 0 saturated carbocycles. The first-order valence-corrected chi connectivity index (χ1v) is 6.54. The van der Waals surface area contributed by atoms with E-state index in [-0.39, 0.29) is 0 Å². The van der Waals surface area contributed by atoms with Crippen LogP contribution in [0.4, 0.5) is 0 Å². The first-order chi connectivity index (χ1) is 7.84. The van der Waals surface area contributed by atoms with Crippen LogP contribution in [0.25, 0.3) is 0 Å². The van der Waals surface area contributed by atoms with Crippen molar-refractivity contribution >= 4 is 11.8 Å². The third kappa shape index (κ3) is 3.42. The molecule has 0 radical (unpaired) electrons. The Morgan fingerprint density at radius 3 is 2.75 bits per heavy atom. The molecule has 0 amide bonds. The van der Waals surface area contributed by atoms with Crippen molar-refractivity contribution in [2.24, 2.45) is 0 Å². The standard InChI is InChI=1S/C15H16S/c1-13-6-5-9-15(11-10-13)16-12-14-7-3-2-4-8-14/h2-5,7-11H,6,12H2,1H3. The van der Waals surface area contributed by atoms with Gasteiger partial charge in [0.2, 0.25) is 0 Å². The fourth-order valence-electron chi connectivity index (χ4n) is 1.55. The van der Waals surface area contributed by atoms with Crippen LogP contribution in [0.2, 0.25) is 0 Å². The fourth-order valence-corrected chi connectivity index (χ4v) is 2.43. The molecule has 1 aliphatic carbocycles. The summed E-state index contributed by atoms with van der Waals surface area (Å²) < 4.78 is 0. The van der Waals surface area contributed by atoms with Gasteiger partial charge >= 0.3 is 0 Å². The van der Waals surface area contributed by atoms with Crippen LogP contribution in [0.1, 0.15) is 18.9 Å². The molecule has 0 N–H and O–H groups in total. The third-order valence-electron chi connectivity index (χ3n) is 2.50. The molecule has 16 heavy (non-hydrogen) atoms. The molecule has 1 aromatic carbocycles. The number of hydrogen-bond acceptors (Lipinski definition) is 1. The molecule has 1 aromatic rings. The number of thioether (sulfide) groups is 1. The number of allylic oxidation sites excluding steroid dienone is 5. The summed E-state index contributed by atoms with van der Waals surface area (Å²) in [6.07, 6.45) is 9.97. The lowest BCUT2D eigenvalue weighted by Crippen LogP contribution is -1.79. The molecular formula is C15H16S. The summed E-state index contributed by atoms with van der Waals surface area (Å²) in [6.45, 7) is 2.17. The van der Waals surface area contributed by atoms with Crippen molar-refractivity contribution < 1.29 is 0 Å². The Labute approximate surface area is 102 Å². The molecule has 0 spiro atoms. The average molecular weight is 228 g/mol. The monoisotopic (exact) mass is 228 g/mol. The lowest BCUT2D eigenvalue weighted by Gasteiger charge is -2.01. The van der Waals surface area contributed by atoms with Crippen molar-refractivity contribution in [3.05, 3.63) is 70.7 Å². The Bertz CT molecular complexity index is 424. The first-order valence-electron chi connectivity index (χ1n) is 5.55. The van der Waals surface area contributed by atoms with E-state index in [9.17, 15) is 0 Å².